The van der Waals surface area contributed by atoms with Crippen molar-refractivity contribution < 1.29 is 9.32 Å². The number of benzene rings is 1. The number of hydrogen-bond acceptors (Lipinski definition) is 5. The first kappa shape index (κ1) is 19.2. The van der Waals surface area contributed by atoms with Gasteiger partial charge in [-0.3, -0.25) is 9.69 Å². The smallest absolute Gasteiger partial charge is 0.244 e. The molecule has 1 amide bonds. The molecule has 6 nitrogen and oxygen atoms in total. The molecule has 0 radical (unpaired) electrons. The number of aromatic nitrogens is 1. The average Bonchev–Trinajstić information content (AvgIpc) is 3.40. The number of carbonyl (C=O) groups is 1. The number of hydrogen-bond donors (Lipinski definition) is 0. The van der Waals surface area contributed by atoms with Crippen molar-refractivity contribution >= 4 is 5.91 Å². The van der Waals surface area contributed by atoms with Crippen molar-refractivity contribution in [1.29, 1.82) is 0 Å². The maximum atomic E-state index is 13.9. The molecular formula is C22H30N4O2. The Bertz CT molecular complexity index is 787. The van der Waals surface area contributed by atoms with Crippen LogP contribution in [0.1, 0.15) is 36.7 Å². The van der Waals surface area contributed by atoms with Crippen LogP contribution in [0.5, 0.6) is 0 Å². The van der Waals surface area contributed by atoms with Gasteiger partial charge >= 0.3 is 0 Å². The molecule has 1 fully saturated rings. The number of amides is 1. The highest BCUT2D eigenvalue weighted by Gasteiger charge is 2.50. The Kier molecular flexibility index (Phi) is 5.25. The molecule has 0 bridgehead atoms. The molecule has 1 aromatic heterocycles. The SMILES string of the molecule is CCN1CCN(C2(C(=O)N(C)[C@H](C)c3ccon3)Cc3ccccc3C2)CC1. The van der Waals surface area contributed by atoms with E-state index >= 15 is 0 Å². The fourth-order valence-electron chi connectivity index (χ4n) is 4.74. The van der Waals surface area contributed by atoms with E-state index in [4.69, 9.17) is 4.52 Å². The van der Waals surface area contributed by atoms with Crippen LogP contribution in [-0.4, -0.2) is 71.1 Å². The van der Waals surface area contributed by atoms with E-state index in [1.165, 1.54) is 11.1 Å². The van der Waals surface area contributed by atoms with Gasteiger partial charge in [0.05, 0.1) is 6.04 Å². The molecule has 150 valence electrons. The number of nitrogens with zero attached hydrogens (tertiary/aromatic N) is 4. The first-order valence-electron chi connectivity index (χ1n) is 10.3. The van der Waals surface area contributed by atoms with Crippen molar-refractivity contribution in [3.8, 4) is 0 Å². The van der Waals surface area contributed by atoms with E-state index in [2.05, 4.69) is 46.1 Å². The van der Waals surface area contributed by atoms with Crippen molar-refractivity contribution in [2.24, 2.45) is 0 Å². The molecule has 2 heterocycles. The summed E-state index contributed by atoms with van der Waals surface area (Å²) >= 11 is 0. The zero-order valence-corrected chi connectivity index (χ0v) is 17.1. The quantitative estimate of drug-likeness (QED) is 0.795. The van der Waals surface area contributed by atoms with Crippen LogP contribution in [-0.2, 0) is 17.6 Å². The molecule has 0 spiro atoms. The Hall–Kier alpha value is -2.18. The number of piperazine rings is 1. The van der Waals surface area contributed by atoms with E-state index in [0.29, 0.717) is 0 Å². The summed E-state index contributed by atoms with van der Waals surface area (Å²) in [5.41, 5.74) is 2.89. The van der Waals surface area contributed by atoms with Gasteiger partial charge in [0, 0.05) is 52.1 Å². The molecule has 1 aromatic carbocycles. The first-order valence-corrected chi connectivity index (χ1v) is 10.3. The Morgan fingerprint density at radius 3 is 2.36 bits per heavy atom. The molecule has 2 aromatic rings. The average molecular weight is 383 g/mol. The van der Waals surface area contributed by atoms with Gasteiger partial charge in [0.2, 0.25) is 5.91 Å². The summed E-state index contributed by atoms with van der Waals surface area (Å²) in [6.07, 6.45) is 3.13. The molecule has 1 saturated heterocycles. The van der Waals surface area contributed by atoms with Gasteiger partial charge in [-0.1, -0.05) is 36.3 Å². The predicted octanol–water partition coefficient (Wildman–Crippen LogP) is 2.37. The molecule has 1 aliphatic heterocycles. The van der Waals surface area contributed by atoms with E-state index in [9.17, 15) is 4.79 Å². The lowest BCUT2D eigenvalue weighted by molar-refractivity contribution is -0.146. The minimum Gasteiger partial charge on any atom is -0.364 e. The van der Waals surface area contributed by atoms with Crippen LogP contribution < -0.4 is 0 Å². The summed E-state index contributed by atoms with van der Waals surface area (Å²) in [7, 11) is 1.90. The lowest BCUT2D eigenvalue weighted by Gasteiger charge is -2.46. The third-order valence-electron chi connectivity index (χ3n) is 6.69. The molecule has 0 N–H and O–H groups in total. The third-order valence-corrected chi connectivity index (χ3v) is 6.69. The lowest BCUT2D eigenvalue weighted by Crippen LogP contribution is -2.64. The molecule has 2 aliphatic rings. The van der Waals surface area contributed by atoms with Gasteiger partial charge in [0.25, 0.3) is 0 Å². The molecule has 0 saturated carbocycles. The molecule has 1 aliphatic carbocycles. The number of likely N-dealkylation sites (N-methyl/N-ethyl adjacent to an activating group) is 2. The fraction of sp³-hybridized carbons (Fsp3) is 0.545. The standard InChI is InChI=1S/C22H30N4O2/c1-4-25-10-12-26(13-11-25)22(15-18-7-5-6-8-19(18)16-22)21(27)24(3)17(2)20-9-14-28-23-20/h5-9,14,17H,4,10-13,15-16H2,1-3H3/t17-/m1/s1. The highest BCUT2D eigenvalue weighted by atomic mass is 16.5. The largest absolute Gasteiger partial charge is 0.364 e. The van der Waals surface area contributed by atoms with Crippen molar-refractivity contribution in [3.05, 3.63) is 53.4 Å². The summed E-state index contributed by atoms with van der Waals surface area (Å²) in [6.45, 7) is 9.18. The molecule has 6 heteroatoms. The Morgan fingerprint density at radius 1 is 1.18 bits per heavy atom. The van der Waals surface area contributed by atoms with Gasteiger partial charge in [-0.25, -0.2) is 0 Å². The number of rotatable bonds is 5. The molecule has 1 atom stereocenters. The molecule has 0 unspecified atom stereocenters. The van der Waals surface area contributed by atoms with Crippen LogP contribution in [0, 0.1) is 0 Å². The second-order valence-corrected chi connectivity index (χ2v) is 8.09. The molecular weight excluding hydrogens is 352 g/mol. The highest BCUT2D eigenvalue weighted by molar-refractivity contribution is 5.88. The normalized spacial score (nSPS) is 20.7. The summed E-state index contributed by atoms with van der Waals surface area (Å²) in [6, 6.07) is 10.2. The van der Waals surface area contributed by atoms with Gasteiger partial charge in [-0.05, 0) is 24.6 Å². The van der Waals surface area contributed by atoms with Gasteiger partial charge in [0.15, 0.2) is 0 Å². The van der Waals surface area contributed by atoms with E-state index in [-0.39, 0.29) is 11.9 Å². The third kappa shape index (κ3) is 3.25. The summed E-state index contributed by atoms with van der Waals surface area (Å²) < 4.78 is 5.00. The Morgan fingerprint density at radius 2 is 1.82 bits per heavy atom. The zero-order valence-electron chi connectivity index (χ0n) is 17.1. The summed E-state index contributed by atoms with van der Waals surface area (Å²) in [5, 5.41) is 4.05. The van der Waals surface area contributed by atoms with Crippen LogP contribution in [0.25, 0.3) is 0 Å². The van der Waals surface area contributed by atoms with Gasteiger partial charge in [0.1, 0.15) is 17.5 Å². The topological polar surface area (TPSA) is 52.8 Å². The fourth-order valence-corrected chi connectivity index (χ4v) is 4.74. The van der Waals surface area contributed by atoms with E-state index < -0.39 is 5.54 Å². The van der Waals surface area contributed by atoms with E-state index in [0.717, 1.165) is 51.3 Å². The van der Waals surface area contributed by atoms with E-state index in [1.807, 2.05) is 24.9 Å². The Labute approximate surface area is 167 Å². The number of carbonyl (C=O) groups excluding carboxylic acids is 1. The zero-order chi connectivity index (χ0) is 19.7. The highest BCUT2D eigenvalue weighted by Crippen LogP contribution is 2.38. The van der Waals surface area contributed by atoms with Crippen molar-refractivity contribution in [2.45, 2.75) is 38.3 Å². The second kappa shape index (κ2) is 7.68. The number of fused-ring (bicyclic) bond motifs is 1. The van der Waals surface area contributed by atoms with E-state index in [1.54, 1.807) is 6.26 Å². The minimum absolute atomic E-state index is 0.122. The first-order chi connectivity index (χ1) is 13.5. The maximum Gasteiger partial charge on any atom is 0.244 e. The van der Waals surface area contributed by atoms with Crippen LogP contribution in [0.15, 0.2) is 41.1 Å². The van der Waals surface area contributed by atoms with Crippen molar-refractivity contribution in [2.75, 3.05) is 39.8 Å². The monoisotopic (exact) mass is 382 g/mol. The Balaban J connectivity index is 1.63. The maximum absolute atomic E-state index is 13.9. The second-order valence-electron chi connectivity index (χ2n) is 8.09. The predicted molar refractivity (Wildman–Crippen MR) is 108 cm³/mol. The minimum atomic E-state index is -0.504. The lowest BCUT2D eigenvalue weighted by atomic mass is 9.89. The van der Waals surface area contributed by atoms with Crippen LogP contribution in [0.2, 0.25) is 0 Å². The van der Waals surface area contributed by atoms with Gasteiger partial charge < -0.3 is 14.3 Å². The van der Waals surface area contributed by atoms with Crippen LogP contribution >= 0.6 is 0 Å². The van der Waals surface area contributed by atoms with Crippen molar-refractivity contribution in [3.63, 3.8) is 0 Å². The van der Waals surface area contributed by atoms with Crippen molar-refractivity contribution in [1.82, 2.24) is 19.9 Å². The van der Waals surface area contributed by atoms with Crippen LogP contribution in [0.4, 0.5) is 0 Å². The van der Waals surface area contributed by atoms with Crippen LogP contribution in [0.3, 0.4) is 0 Å². The van der Waals surface area contributed by atoms with Gasteiger partial charge in [-0.15, -0.1) is 0 Å². The summed E-state index contributed by atoms with van der Waals surface area (Å²) in [5.74, 6) is 0.184. The summed E-state index contributed by atoms with van der Waals surface area (Å²) in [4.78, 5) is 20.7. The van der Waals surface area contributed by atoms with Gasteiger partial charge in [-0.2, -0.15) is 0 Å². The molecule has 28 heavy (non-hydrogen) atoms. The molecule has 4 rings (SSSR count).